The first-order valence-corrected chi connectivity index (χ1v) is 10.9. The molecule has 30 heavy (non-hydrogen) atoms. The molecule has 1 saturated heterocycles. The molecule has 0 atom stereocenters. The van der Waals surface area contributed by atoms with E-state index in [4.69, 9.17) is 14.7 Å². The number of aryl methyl sites for hydroxylation is 1. The second-order valence-electron chi connectivity index (χ2n) is 8.24. The number of morpholine rings is 1. The van der Waals surface area contributed by atoms with E-state index in [9.17, 15) is 4.79 Å². The lowest BCUT2D eigenvalue weighted by Crippen LogP contribution is -2.37. The summed E-state index contributed by atoms with van der Waals surface area (Å²) in [6.07, 6.45) is 4.03. The molecule has 1 N–H and O–H groups in total. The zero-order chi connectivity index (χ0) is 20.9. The first-order chi connectivity index (χ1) is 14.6. The molecule has 0 radical (unpaired) electrons. The average Bonchev–Trinajstić information content (AvgIpc) is 3.25. The Morgan fingerprint density at radius 3 is 2.83 bits per heavy atom. The number of hydrogen-bond acceptors (Lipinski definition) is 6. The Hall–Kier alpha value is -2.51. The zero-order valence-electron chi connectivity index (χ0n) is 18.0. The van der Waals surface area contributed by atoms with Crippen LogP contribution in [0.3, 0.4) is 0 Å². The van der Waals surface area contributed by atoms with E-state index in [2.05, 4.69) is 15.1 Å². The number of carbonyl (C=O) groups excluding carboxylic acids is 1. The molecule has 0 saturated carbocycles. The molecule has 2 aromatic rings. The maximum absolute atomic E-state index is 12.6. The van der Waals surface area contributed by atoms with Crippen molar-refractivity contribution in [3.05, 3.63) is 41.1 Å². The minimum absolute atomic E-state index is 0.0327. The van der Waals surface area contributed by atoms with Crippen LogP contribution in [0.25, 0.3) is 11.3 Å². The number of rotatable bonds is 7. The van der Waals surface area contributed by atoms with Gasteiger partial charge in [0.15, 0.2) is 0 Å². The first kappa shape index (κ1) is 20.8. The smallest absolute Gasteiger partial charge is 0.251 e. The van der Waals surface area contributed by atoms with Gasteiger partial charge in [0.25, 0.3) is 5.91 Å². The summed E-state index contributed by atoms with van der Waals surface area (Å²) in [5.41, 5.74) is 5.03. The number of aromatic nitrogens is 2. The molecule has 1 aliphatic carbocycles. The molecule has 1 aliphatic heterocycles. The molecule has 0 spiro atoms. The second-order valence-corrected chi connectivity index (χ2v) is 8.24. The van der Waals surface area contributed by atoms with Crippen molar-refractivity contribution in [3.8, 4) is 11.3 Å². The lowest BCUT2D eigenvalue weighted by molar-refractivity contribution is 0.0952. The van der Waals surface area contributed by atoms with Gasteiger partial charge in [0.05, 0.1) is 18.9 Å². The van der Waals surface area contributed by atoms with E-state index in [0.29, 0.717) is 25.3 Å². The molecule has 1 amide bonds. The minimum Gasteiger partial charge on any atom is -0.378 e. The number of ether oxygens (including phenoxy) is 1. The Kier molecular flexibility index (Phi) is 6.59. The third-order valence-corrected chi connectivity index (χ3v) is 5.68. The van der Waals surface area contributed by atoms with Crippen LogP contribution in [0.4, 0.5) is 5.95 Å². The topological polar surface area (TPSA) is 70.6 Å². The second kappa shape index (κ2) is 9.53. The largest absolute Gasteiger partial charge is 0.378 e. The molecule has 0 bridgehead atoms. The van der Waals surface area contributed by atoms with Gasteiger partial charge in [-0.3, -0.25) is 4.79 Å². The summed E-state index contributed by atoms with van der Waals surface area (Å²) >= 11 is 0. The number of nitrogens with one attached hydrogen (secondary N) is 1. The number of amides is 1. The van der Waals surface area contributed by atoms with Crippen molar-refractivity contribution in [2.45, 2.75) is 25.7 Å². The van der Waals surface area contributed by atoms with Gasteiger partial charge in [-0.1, -0.05) is 12.1 Å². The van der Waals surface area contributed by atoms with Gasteiger partial charge in [-0.25, -0.2) is 9.97 Å². The predicted molar refractivity (Wildman–Crippen MR) is 118 cm³/mol. The highest BCUT2D eigenvalue weighted by Crippen LogP contribution is 2.32. The Balaban J connectivity index is 1.57. The summed E-state index contributed by atoms with van der Waals surface area (Å²) in [5, 5.41) is 3.03. The Morgan fingerprint density at radius 2 is 2.03 bits per heavy atom. The molecule has 2 aliphatic rings. The molecule has 1 aromatic heterocycles. The Labute approximate surface area is 178 Å². The molecule has 7 nitrogen and oxygen atoms in total. The zero-order valence-corrected chi connectivity index (χ0v) is 18.0. The highest BCUT2D eigenvalue weighted by Gasteiger charge is 2.23. The van der Waals surface area contributed by atoms with E-state index in [1.165, 1.54) is 5.56 Å². The molecule has 2 heterocycles. The van der Waals surface area contributed by atoms with Gasteiger partial charge in [0.2, 0.25) is 5.95 Å². The SMILES string of the molecule is CN(C)CCCNC(=O)c1cccc(-c2nc(N3CCOCC3)nc3c2CCC3)c1. The predicted octanol–water partition coefficient (Wildman–Crippen LogP) is 2.15. The van der Waals surface area contributed by atoms with Crippen molar-refractivity contribution >= 4 is 11.9 Å². The van der Waals surface area contributed by atoms with Gasteiger partial charge in [-0.2, -0.15) is 0 Å². The third kappa shape index (κ3) is 4.79. The van der Waals surface area contributed by atoms with Crippen LogP contribution >= 0.6 is 0 Å². The van der Waals surface area contributed by atoms with E-state index < -0.39 is 0 Å². The van der Waals surface area contributed by atoms with E-state index >= 15 is 0 Å². The van der Waals surface area contributed by atoms with Crippen LogP contribution in [-0.2, 0) is 17.6 Å². The van der Waals surface area contributed by atoms with Crippen LogP contribution in [0.5, 0.6) is 0 Å². The van der Waals surface area contributed by atoms with E-state index in [1.807, 2.05) is 38.4 Å². The number of anilines is 1. The molecule has 1 fully saturated rings. The van der Waals surface area contributed by atoms with Crippen LogP contribution < -0.4 is 10.2 Å². The van der Waals surface area contributed by atoms with Gasteiger partial charge in [0.1, 0.15) is 0 Å². The fourth-order valence-electron chi connectivity index (χ4n) is 4.07. The van der Waals surface area contributed by atoms with Crippen LogP contribution in [0.15, 0.2) is 24.3 Å². The highest BCUT2D eigenvalue weighted by molar-refractivity contribution is 5.95. The van der Waals surface area contributed by atoms with E-state index in [-0.39, 0.29) is 5.91 Å². The quantitative estimate of drug-likeness (QED) is 0.707. The lowest BCUT2D eigenvalue weighted by Gasteiger charge is -2.27. The third-order valence-electron chi connectivity index (χ3n) is 5.68. The normalized spacial score (nSPS) is 16.0. The van der Waals surface area contributed by atoms with Crippen molar-refractivity contribution in [2.75, 3.05) is 58.4 Å². The summed E-state index contributed by atoms with van der Waals surface area (Å²) in [5.74, 6) is 0.752. The van der Waals surface area contributed by atoms with Gasteiger partial charge in [0, 0.05) is 42.0 Å². The van der Waals surface area contributed by atoms with Crippen LogP contribution in [0.1, 0.15) is 34.5 Å². The number of hydrogen-bond donors (Lipinski definition) is 1. The van der Waals surface area contributed by atoms with Crippen molar-refractivity contribution in [3.63, 3.8) is 0 Å². The summed E-state index contributed by atoms with van der Waals surface area (Å²) < 4.78 is 5.48. The van der Waals surface area contributed by atoms with Gasteiger partial charge in [-0.15, -0.1) is 0 Å². The maximum Gasteiger partial charge on any atom is 0.251 e. The van der Waals surface area contributed by atoms with Crippen molar-refractivity contribution in [1.82, 2.24) is 20.2 Å². The molecule has 4 rings (SSSR count). The first-order valence-electron chi connectivity index (χ1n) is 10.9. The Bertz CT molecular complexity index is 893. The summed E-state index contributed by atoms with van der Waals surface area (Å²) in [6, 6.07) is 7.83. The monoisotopic (exact) mass is 409 g/mol. The lowest BCUT2D eigenvalue weighted by atomic mass is 10.0. The van der Waals surface area contributed by atoms with E-state index in [1.54, 1.807) is 0 Å². The number of fused-ring (bicyclic) bond motifs is 1. The van der Waals surface area contributed by atoms with Crippen LogP contribution in [0, 0.1) is 0 Å². The van der Waals surface area contributed by atoms with Gasteiger partial charge in [-0.05, 0) is 58.5 Å². The fraction of sp³-hybridized carbons (Fsp3) is 0.522. The average molecular weight is 410 g/mol. The van der Waals surface area contributed by atoms with Gasteiger partial charge < -0.3 is 19.9 Å². The molecular weight excluding hydrogens is 378 g/mol. The van der Waals surface area contributed by atoms with Crippen molar-refractivity contribution < 1.29 is 9.53 Å². The highest BCUT2D eigenvalue weighted by atomic mass is 16.5. The van der Waals surface area contributed by atoms with Crippen molar-refractivity contribution in [2.24, 2.45) is 0 Å². The summed E-state index contributed by atoms with van der Waals surface area (Å²) in [4.78, 5) is 26.8. The van der Waals surface area contributed by atoms with E-state index in [0.717, 1.165) is 68.2 Å². The number of carbonyl (C=O) groups is 1. The number of benzene rings is 1. The van der Waals surface area contributed by atoms with Crippen molar-refractivity contribution in [1.29, 1.82) is 0 Å². The molecular formula is C23H31N5O2. The van der Waals surface area contributed by atoms with Gasteiger partial charge >= 0.3 is 0 Å². The summed E-state index contributed by atoms with van der Waals surface area (Å²) in [7, 11) is 4.08. The standard InChI is InChI=1S/C23H31N5O2/c1-27(2)11-5-10-24-22(29)18-7-3-6-17(16-18)21-19-8-4-9-20(19)25-23(26-21)28-12-14-30-15-13-28/h3,6-7,16H,4-5,8-15H2,1-2H3,(H,24,29). The van der Waals surface area contributed by atoms with Crippen LogP contribution in [-0.4, -0.2) is 74.3 Å². The molecule has 7 heteroatoms. The number of nitrogens with zero attached hydrogens (tertiary/aromatic N) is 4. The molecule has 1 aromatic carbocycles. The minimum atomic E-state index is -0.0327. The van der Waals surface area contributed by atoms with Crippen LogP contribution in [0.2, 0.25) is 0 Å². The maximum atomic E-state index is 12.6. The summed E-state index contributed by atoms with van der Waals surface area (Å²) in [6.45, 7) is 4.67. The fourth-order valence-corrected chi connectivity index (χ4v) is 4.07. The Morgan fingerprint density at radius 1 is 1.20 bits per heavy atom. The molecule has 0 unspecified atom stereocenters. The molecule has 160 valence electrons.